The Morgan fingerprint density at radius 3 is 2.33 bits per heavy atom. The smallest absolute Gasteiger partial charge is 0.0227 e. The zero-order valence-electron chi connectivity index (χ0n) is 8.59. The van der Waals surface area contributed by atoms with Crippen LogP contribution in [0.25, 0.3) is 0 Å². The molecule has 0 aromatic heterocycles. The summed E-state index contributed by atoms with van der Waals surface area (Å²) in [6.07, 6.45) is 11.0. The van der Waals surface area contributed by atoms with Crippen molar-refractivity contribution in [3.63, 3.8) is 0 Å². The molecule has 2 unspecified atom stereocenters. The van der Waals surface area contributed by atoms with Crippen molar-refractivity contribution >= 4 is 0 Å². The second-order valence-corrected chi connectivity index (χ2v) is 3.45. The van der Waals surface area contributed by atoms with Crippen molar-refractivity contribution in [2.75, 3.05) is 0 Å². The van der Waals surface area contributed by atoms with E-state index in [9.17, 15) is 0 Å². The van der Waals surface area contributed by atoms with Gasteiger partial charge in [0.25, 0.3) is 0 Å². The Morgan fingerprint density at radius 1 is 1.17 bits per heavy atom. The van der Waals surface area contributed by atoms with Crippen LogP contribution in [0.2, 0.25) is 0 Å². The van der Waals surface area contributed by atoms with Gasteiger partial charge >= 0.3 is 0 Å². The minimum Gasteiger partial charge on any atom is -0.0880 e. The second-order valence-electron chi connectivity index (χ2n) is 3.45. The van der Waals surface area contributed by atoms with Gasteiger partial charge in [0.1, 0.15) is 0 Å². The van der Waals surface area contributed by atoms with Crippen LogP contribution in [-0.4, -0.2) is 0 Å². The van der Waals surface area contributed by atoms with Gasteiger partial charge in [0.2, 0.25) is 0 Å². The Bertz CT molecular complexity index is 142. The average Bonchev–Trinajstić information content (AvgIpc) is 2.04. The van der Waals surface area contributed by atoms with Gasteiger partial charge in [-0.05, 0) is 25.2 Å². The molecular weight excluding hydrogens is 144 g/mol. The van der Waals surface area contributed by atoms with Crippen molar-refractivity contribution < 1.29 is 0 Å². The summed E-state index contributed by atoms with van der Waals surface area (Å²) in [6, 6.07) is 0. The lowest BCUT2D eigenvalue weighted by molar-refractivity contribution is 0.683. The number of rotatable bonds is 5. The number of hydrogen-bond donors (Lipinski definition) is 0. The molecule has 12 heavy (non-hydrogen) atoms. The summed E-state index contributed by atoms with van der Waals surface area (Å²) in [5.41, 5.74) is 0. The van der Waals surface area contributed by atoms with Crippen molar-refractivity contribution in [2.24, 2.45) is 11.8 Å². The first-order valence-corrected chi connectivity index (χ1v) is 4.83. The Morgan fingerprint density at radius 2 is 1.83 bits per heavy atom. The number of hydrogen-bond acceptors (Lipinski definition) is 0. The molecule has 2 atom stereocenters. The minimum absolute atomic E-state index is 0.628. The molecule has 0 heteroatoms. The monoisotopic (exact) mass is 165 g/mol. The van der Waals surface area contributed by atoms with Gasteiger partial charge < -0.3 is 0 Å². The summed E-state index contributed by atoms with van der Waals surface area (Å²) in [5, 5.41) is 0. The van der Waals surface area contributed by atoms with Crippen LogP contribution in [0, 0.1) is 18.8 Å². The molecule has 0 aliphatic carbocycles. The van der Waals surface area contributed by atoms with Gasteiger partial charge in [-0.1, -0.05) is 51.5 Å². The predicted octanol–water partition coefficient (Wildman–Crippen LogP) is 4.01. The highest BCUT2D eigenvalue weighted by Gasteiger charge is 1.93. The SMILES string of the molecule is [CH2]C=CC(C)CC=CC(C)CC. The largest absolute Gasteiger partial charge is 0.0880 e. The van der Waals surface area contributed by atoms with E-state index in [0.717, 1.165) is 12.3 Å². The molecule has 0 aliphatic rings. The highest BCUT2D eigenvalue weighted by Crippen LogP contribution is 2.08. The van der Waals surface area contributed by atoms with E-state index in [2.05, 4.69) is 45.9 Å². The molecule has 0 heterocycles. The molecule has 0 aliphatic heterocycles. The first-order valence-electron chi connectivity index (χ1n) is 4.83. The Kier molecular flexibility index (Phi) is 6.84. The van der Waals surface area contributed by atoms with Crippen LogP contribution >= 0.6 is 0 Å². The predicted molar refractivity (Wildman–Crippen MR) is 56.9 cm³/mol. The summed E-state index contributed by atoms with van der Waals surface area (Å²) in [6.45, 7) is 10.4. The van der Waals surface area contributed by atoms with Crippen LogP contribution < -0.4 is 0 Å². The van der Waals surface area contributed by atoms with Crippen molar-refractivity contribution in [2.45, 2.75) is 33.6 Å². The van der Waals surface area contributed by atoms with Crippen molar-refractivity contribution in [1.29, 1.82) is 0 Å². The first kappa shape index (κ1) is 11.5. The van der Waals surface area contributed by atoms with Crippen molar-refractivity contribution in [1.82, 2.24) is 0 Å². The topological polar surface area (TPSA) is 0 Å². The van der Waals surface area contributed by atoms with Crippen LogP contribution in [-0.2, 0) is 0 Å². The van der Waals surface area contributed by atoms with Crippen molar-refractivity contribution in [3.05, 3.63) is 31.2 Å². The zero-order valence-corrected chi connectivity index (χ0v) is 8.59. The first-order chi connectivity index (χ1) is 5.70. The summed E-state index contributed by atoms with van der Waals surface area (Å²) in [7, 11) is 0. The molecule has 0 N–H and O–H groups in total. The van der Waals surface area contributed by atoms with E-state index in [1.807, 2.05) is 6.08 Å². The highest BCUT2D eigenvalue weighted by atomic mass is 14.0. The fraction of sp³-hybridized carbons (Fsp3) is 0.583. The fourth-order valence-electron chi connectivity index (χ4n) is 0.972. The van der Waals surface area contributed by atoms with Crippen LogP contribution in [0.3, 0.4) is 0 Å². The van der Waals surface area contributed by atoms with E-state index in [0.29, 0.717) is 5.92 Å². The van der Waals surface area contributed by atoms with Crippen molar-refractivity contribution in [3.8, 4) is 0 Å². The maximum atomic E-state index is 3.68. The minimum atomic E-state index is 0.628. The molecule has 0 bridgehead atoms. The molecule has 0 saturated carbocycles. The summed E-state index contributed by atoms with van der Waals surface area (Å²) < 4.78 is 0. The normalized spacial score (nSPS) is 17.3. The maximum Gasteiger partial charge on any atom is -0.0227 e. The van der Waals surface area contributed by atoms with Gasteiger partial charge in [0.15, 0.2) is 0 Å². The third-order valence-corrected chi connectivity index (χ3v) is 2.08. The third-order valence-electron chi connectivity index (χ3n) is 2.08. The molecule has 0 saturated heterocycles. The molecule has 69 valence electrons. The lowest BCUT2D eigenvalue weighted by atomic mass is 10.0. The van der Waals surface area contributed by atoms with E-state index in [-0.39, 0.29) is 0 Å². The molecule has 1 radical (unpaired) electrons. The summed E-state index contributed by atoms with van der Waals surface area (Å²) in [5.74, 6) is 1.35. The van der Waals surface area contributed by atoms with E-state index >= 15 is 0 Å². The van der Waals surface area contributed by atoms with E-state index in [4.69, 9.17) is 0 Å². The van der Waals surface area contributed by atoms with Crippen LogP contribution in [0.1, 0.15) is 33.6 Å². The van der Waals surface area contributed by atoms with E-state index < -0.39 is 0 Å². The van der Waals surface area contributed by atoms with Gasteiger partial charge in [-0.3, -0.25) is 0 Å². The standard InChI is InChI=1S/C12H21/c1-5-8-12(4)10-7-9-11(3)6-2/h5,7-9,11-12H,1,6,10H2,2-4H3. The fourth-order valence-corrected chi connectivity index (χ4v) is 0.972. The Hall–Kier alpha value is -0.520. The van der Waals surface area contributed by atoms with E-state index in [1.165, 1.54) is 6.42 Å². The van der Waals surface area contributed by atoms with Crippen LogP contribution in [0.5, 0.6) is 0 Å². The molecule has 0 fully saturated rings. The molecule has 0 nitrogen and oxygen atoms in total. The second kappa shape index (κ2) is 7.15. The third kappa shape index (κ3) is 6.21. The lowest BCUT2D eigenvalue weighted by Gasteiger charge is -2.02. The summed E-state index contributed by atoms with van der Waals surface area (Å²) >= 11 is 0. The lowest BCUT2D eigenvalue weighted by Crippen LogP contribution is -1.88. The maximum absolute atomic E-state index is 3.68. The molecule has 0 amide bonds. The van der Waals surface area contributed by atoms with Gasteiger partial charge in [0, 0.05) is 0 Å². The quantitative estimate of drug-likeness (QED) is 0.540. The van der Waals surface area contributed by atoms with Gasteiger partial charge in [-0.2, -0.15) is 0 Å². The number of allylic oxidation sites excluding steroid dienone is 4. The molecule has 0 rings (SSSR count). The van der Waals surface area contributed by atoms with Gasteiger partial charge in [-0.25, -0.2) is 0 Å². The molecular formula is C12H21. The Balaban J connectivity index is 3.59. The molecule has 0 aromatic rings. The van der Waals surface area contributed by atoms with Gasteiger partial charge in [-0.15, -0.1) is 0 Å². The zero-order chi connectivity index (χ0) is 9.40. The molecule has 0 aromatic carbocycles. The van der Waals surface area contributed by atoms with Gasteiger partial charge in [0.05, 0.1) is 0 Å². The Labute approximate surface area is 77.4 Å². The average molecular weight is 165 g/mol. The van der Waals surface area contributed by atoms with E-state index in [1.54, 1.807) is 0 Å². The van der Waals surface area contributed by atoms with Crippen LogP contribution in [0.4, 0.5) is 0 Å². The molecule has 0 spiro atoms. The van der Waals surface area contributed by atoms with Crippen LogP contribution in [0.15, 0.2) is 24.3 Å². The summed E-state index contributed by atoms with van der Waals surface area (Å²) in [4.78, 5) is 0. The highest BCUT2D eigenvalue weighted by molar-refractivity contribution is 4.94.